The van der Waals surface area contributed by atoms with Crippen LogP contribution in [0.4, 0.5) is 4.39 Å². The van der Waals surface area contributed by atoms with Crippen molar-refractivity contribution in [3.63, 3.8) is 0 Å². The molecule has 0 bridgehead atoms. The minimum absolute atomic E-state index is 0.0798. The minimum Gasteiger partial charge on any atom is -0.481 e. The first-order valence-electron chi connectivity index (χ1n) is 6.80. The van der Waals surface area contributed by atoms with Crippen molar-refractivity contribution in [3.8, 4) is 5.75 Å². The SMILES string of the molecule is Cc1ccccc1C(C)NC(=O)COc1ccccc1F. The predicted molar refractivity (Wildman–Crippen MR) is 79.6 cm³/mol. The molecule has 0 fully saturated rings. The molecule has 1 N–H and O–H groups in total. The van der Waals surface area contributed by atoms with Crippen molar-refractivity contribution in [3.05, 3.63) is 65.5 Å². The lowest BCUT2D eigenvalue weighted by molar-refractivity contribution is -0.123. The predicted octanol–water partition coefficient (Wildman–Crippen LogP) is 3.39. The van der Waals surface area contributed by atoms with Crippen LogP contribution in [-0.4, -0.2) is 12.5 Å². The molecule has 0 spiro atoms. The van der Waals surface area contributed by atoms with Crippen LogP contribution < -0.4 is 10.1 Å². The number of carbonyl (C=O) groups is 1. The first kappa shape index (κ1) is 15.0. The summed E-state index contributed by atoms with van der Waals surface area (Å²) in [5.41, 5.74) is 2.16. The number of hydrogen-bond donors (Lipinski definition) is 1. The Morgan fingerprint density at radius 3 is 2.57 bits per heavy atom. The molecular formula is C17H18FNO2. The Hall–Kier alpha value is -2.36. The van der Waals surface area contributed by atoms with Gasteiger partial charge in [0.2, 0.25) is 0 Å². The Bertz CT molecular complexity index is 628. The Morgan fingerprint density at radius 1 is 1.19 bits per heavy atom. The van der Waals surface area contributed by atoms with Crippen molar-refractivity contribution < 1.29 is 13.9 Å². The van der Waals surface area contributed by atoms with E-state index in [-0.39, 0.29) is 24.3 Å². The average Bonchev–Trinajstić information content (AvgIpc) is 2.46. The minimum atomic E-state index is -0.475. The highest BCUT2D eigenvalue weighted by molar-refractivity contribution is 5.78. The van der Waals surface area contributed by atoms with Crippen molar-refractivity contribution in [2.24, 2.45) is 0 Å². The van der Waals surface area contributed by atoms with E-state index in [1.54, 1.807) is 12.1 Å². The quantitative estimate of drug-likeness (QED) is 0.915. The Labute approximate surface area is 123 Å². The highest BCUT2D eigenvalue weighted by Crippen LogP contribution is 2.17. The summed E-state index contributed by atoms with van der Waals surface area (Å²) < 4.78 is 18.5. The second-order valence-corrected chi connectivity index (χ2v) is 4.86. The van der Waals surface area contributed by atoms with Gasteiger partial charge in [0.15, 0.2) is 18.2 Å². The fourth-order valence-corrected chi connectivity index (χ4v) is 2.14. The lowest BCUT2D eigenvalue weighted by atomic mass is 10.0. The molecule has 4 heteroatoms. The van der Waals surface area contributed by atoms with Crippen LogP contribution in [0.5, 0.6) is 5.75 Å². The molecule has 0 aliphatic heterocycles. The highest BCUT2D eigenvalue weighted by atomic mass is 19.1. The normalized spacial score (nSPS) is 11.8. The van der Waals surface area contributed by atoms with E-state index in [0.717, 1.165) is 11.1 Å². The molecule has 0 saturated carbocycles. The van der Waals surface area contributed by atoms with Crippen molar-refractivity contribution >= 4 is 5.91 Å². The number of carbonyl (C=O) groups excluding carboxylic acids is 1. The maximum atomic E-state index is 13.4. The van der Waals surface area contributed by atoms with Gasteiger partial charge in [-0.05, 0) is 37.1 Å². The standard InChI is InChI=1S/C17H18FNO2/c1-12-7-3-4-8-14(12)13(2)19-17(20)11-21-16-10-6-5-9-15(16)18/h3-10,13H,11H2,1-2H3,(H,19,20). The maximum absolute atomic E-state index is 13.4. The summed E-state index contributed by atoms with van der Waals surface area (Å²) in [5, 5.41) is 2.84. The van der Waals surface area contributed by atoms with E-state index in [1.807, 2.05) is 38.1 Å². The number of para-hydroxylation sites is 1. The monoisotopic (exact) mass is 287 g/mol. The van der Waals surface area contributed by atoms with Crippen LogP contribution in [0.15, 0.2) is 48.5 Å². The summed E-state index contributed by atoms with van der Waals surface area (Å²) in [6, 6.07) is 13.7. The fraction of sp³-hybridized carbons (Fsp3) is 0.235. The van der Waals surface area contributed by atoms with E-state index in [2.05, 4.69) is 5.32 Å². The number of ether oxygens (including phenoxy) is 1. The summed E-state index contributed by atoms with van der Waals surface area (Å²) >= 11 is 0. The van der Waals surface area contributed by atoms with E-state index in [1.165, 1.54) is 12.1 Å². The second-order valence-electron chi connectivity index (χ2n) is 4.86. The van der Waals surface area contributed by atoms with Crippen LogP contribution in [0.25, 0.3) is 0 Å². The summed E-state index contributed by atoms with van der Waals surface area (Å²) in [6.45, 7) is 3.69. The van der Waals surface area contributed by atoms with Crippen LogP contribution >= 0.6 is 0 Å². The number of rotatable bonds is 5. The van der Waals surface area contributed by atoms with Crippen molar-refractivity contribution in [2.45, 2.75) is 19.9 Å². The third-order valence-corrected chi connectivity index (χ3v) is 3.23. The van der Waals surface area contributed by atoms with Crippen molar-refractivity contribution in [2.75, 3.05) is 6.61 Å². The zero-order valence-corrected chi connectivity index (χ0v) is 12.1. The molecule has 0 radical (unpaired) electrons. The Morgan fingerprint density at radius 2 is 1.86 bits per heavy atom. The van der Waals surface area contributed by atoms with E-state index in [9.17, 15) is 9.18 Å². The molecule has 2 aromatic rings. The molecule has 0 heterocycles. The van der Waals surface area contributed by atoms with Crippen molar-refractivity contribution in [1.82, 2.24) is 5.32 Å². The molecule has 1 atom stereocenters. The van der Waals surface area contributed by atoms with Gasteiger partial charge in [-0.3, -0.25) is 4.79 Å². The Kier molecular flexibility index (Phi) is 4.93. The average molecular weight is 287 g/mol. The number of hydrogen-bond acceptors (Lipinski definition) is 2. The lowest BCUT2D eigenvalue weighted by Gasteiger charge is -2.16. The van der Waals surface area contributed by atoms with Gasteiger partial charge in [0.1, 0.15) is 0 Å². The zero-order valence-electron chi connectivity index (χ0n) is 12.1. The topological polar surface area (TPSA) is 38.3 Å². The number of aryl methyl sites for hydroxylation is 1. The van der Waals surface area contributed by atoms with Crippen LogP contribution in [0.3, 0.4) is 0 Å². The first-order chi connectivity index (χ1) is 10.1. The molecule has 2 rings (SSSR count). The lowest BCUT2D eigenvalue weighted by Crippen LogP contribution is -2.31. The fourth-order valence-electron chi connectivity index (χ4n) is 2.14. The zero-order chi connectivity index (χ0) is 15.2. The maximum Gasteiger partial charge on any atom is 0.258 e. The molecule has 110 valence electrons. The molecule has 0 aromatic heterocycles. The third kappa shape index (κ3) is 4.05. The van der Waals surface area contributed by atoms with Gasteiger partial charge in [0, 0.05) is 0 Å². The summed E-state index contributed by atoms with van der Waals surface area (Å²) in [4.78, 5) is 11.9. The highest BCUT2D eigenvalue weighted by Gasteiger charge is 2.12. The number of benzene rings is 2. The largest absolute Gasteiger partial charge is 0.481 e. The van der Waals surface area contributed by atoms with Gasteiger partial charge in [-0.1, -0.05) is 36.4 Å². The van der Waals surface area contributed by atoms with Gasteiger partial charge in [-0.2, -0.15) is 0 Å². The van der Waals surface area contributed by atoms with Gasteiger partial charge < -0.3 is 10.1 Å². The van der Waals surface area contributed by atoms with Gasteiger partial charge in [-0.25, -0.2) is 4.39 Å². The molecule has 0 aliphatic rings. The number of nitrogens with one attached hydrogen (secondary N) is 1. The summed E-state index contributed by atoms with van der Waals surface area (Å²) in [6.07, 6.45) is 0. The van der Waals surface area contributed by atoms with Gasteiger partial charge >= 0.3 is 0 Å². The van der Waals surface area contributed by atoms with Gasteiger partial charge in [0.25, 0.3) is 5.91 Å². The molecule has 1 amide bonds. The molecule has 2 aromatic carbocycles. The molecule has 21 heavy (non-hydrogen) atoms. The van der Waals surface area contributed by atoms with Crippen molar-refractivity contribution in [1.29, 1.82) is 0 Å². The van der Waals surface area contributed by atoms with E-state index < -0.39 is 5.82 Å². The van der Waals surface area contributed by atoms with Crippen LogP contribution in [0, 0.1) is 12.7 Å². The summed E-state index contributed by atoms with van der Waals surface area (Å²) in [5.74, 6) is -0.678. The van der Waals surface area contributed by atoms with Gasteiger partial charge in [-0.15, -0.1) is 0 Å². The van der Waals surface area contributed by atoms with Crippen LogP contribution in [-0.2, 0) is 4.79 Å². The van der Waals surface area contributed by atoms with Gasteiger partial charge in [0.05, 0.1) is 6.04 Å². The van der Waals surface area contributed by atoms with Crippen LogP contribution in [0.1, 0.15) is 24.1 Å². The smallest absolute Gasteiger partial charge is 0.258 e. The first-order valence-corrected chi connectivity index (χ1v) is 6.80. The molecular weight excluding hydrogens is 269 g/mol. The molecule has 0 aliphatic carbocycles. The molecule has 0 saturated heterocycles. The Balaban J connectivity index is 1.90. The van der Waals surface area contributed by atoms with E-state index >= 15 is 0 Å². The molecule has 3 nitrogen and oxygen atoms in total. The second kappa shape index (κ2) is 6.88. The number of amides is 1. The van der Waals surface area contributed by atoms with E-state index in [0.29, 0.717) is 0 Å². The van der Waals surface area contributed by atoms with Crippen LogP contribution in [0.2, 0.25) is 0 Å². The van der Waals surface area contributed by atoms with E-state index in [4.69, 9.17) is 4.74 Å². The summed E-state index contributed by atoms with van der Waals surface area (Å²) in [7, 11) is 0. The number of halogens is 1. The third-order valence-electron chi connectivity index (χ3n) is 3.23. The molecule has 1 unspecified atom stereocenters.